The Balaban J connectivity index is 1.91. The normalized spacial score (nSPS) is 10.2. The Morgan fingerprint density at radius 3 is 2.70 bits per heavy atom. The fourth-order valence-corrected chi connectivity index (χ4v) is 1.57. The van der Waals surface area contributed by atoms with E-state index in [1.807, 2.05) is 0 Å². The second-order valence-corrected chi connectivity index (χ2v) is 4.26. The molecular formula is C15H13F2NO2. The van der Waals surface area contributed by atoms with E-state index in [1.165, 1.54) is 24.3 Å². The Labute approximate surface area is 115 Å². The lowest BCUT2D eigenvalue weighted by atomic mass is 10.2. The van der Waals surface area contributed by atoms with Crippen LogP contribution >= 0.6 is 0 Å². The van der Waals surface area contributed by atoms with Crippen molar-refractivity contribution >= 4 is 11.6 Å². The van der Waals surface area contributed by atoms with Crippen LogP contribution in [0.2, 0.25) is 0 Å². The second-order valence-electron chi connectivity index (χ2n) is 4.26. The Kier molecular flexibility index (Phi) is 4.30. The average Bonchev–Trinajstić information content (AvgIpc) is 2.41. The molecule has 0 aromatic heterocycles. The summed E-state index contributed by atoms with van der Waals surface area (Å²) in [5, 5.41) is 2.50. The summed E-state index contributed by atoms with van der Waals surface area (Å²) in [6.07, 6.45) is 0. The first-order valence-corrected chi connectivity index (χ1v) is 5.99. The van der Waals surface area contributed by atoms with Gasteiger partial charge in [-0.25, -0.2) is 8.78 Å². The van der Waals surface area contributed by atoms with Crippen molar-refractivity contribution in [1.29, 1.82) is 0 Å². The number of benzene rings is 2. The van der Waals surface area contributed by atoms with E-state index in [1.54, 1.807) is 25.1 Å². The number of rotatable bonds is 4. The van der Waals surface area contributed by atoms with E-state index >= 15 is 0 Å². The van der Waals surface area contributed by atoms with Crippen LogP contribution in [0.4, 0.5) is 14.5 Å². The first kappa shape index (κ1) is 14.0. The average molecular weight is 277 g/mol. The van der Waals surface area contributed by atoms with Gasteiger partial charge >= 0.3 is 0 Å². The number of carbonyl (C=O) groups excluding carboxylic acids is 1. The van der Waals surface area contributed by atoms with Crippen molar-refractivity contribution in [3.63, 3.8) is 0 Å². The molecule has 5 heteroatoms. The summed E-state index contributed by atoms with van der Waals surface area (Å²) in [6.45, 7) is 1.35. The first-order valence-electron chi connectivity index (χ1n) is 5.99. The van der Waals surface area contributed by atoms with Crippen LogP contribution in [-0.2, 0) is 4.79 Å². The number of amides is 1. The molecule has 0 saturated carbocycles. The summed E-state index contributed by atoms with van der Waals surface area (Å²) in [5.41, 5.74) is 0.847. The van der Waals surface area contributed by atoms with Gasteiger partial charge in [-0.1, -0.05) is 12.1 Å². The zero-order valence-electron chi connectivity index (χ0n) is 10.8. The van der Waals surface area contributed by atoms with E-state index in [9.17, 15) is 13.6 Å². The van der Waals surface area contributed by atoms with Crippen molar-refractivity contribution in [2.24, 2.45) is 0 Å². The van der Waals surface area contributed by atoms with Crippen molar-refractivity contribution in [3.05, 3.63) is 59.7 Å². The number of ether oxygens (including phenoxy) is 1. The SMILES string of the molecule is Cc1ccc(NC(=O)COc2cccc(F)c2)cc1F. The summed E-state index contributed by atoms with van der Waals surface area (Å²) >= 11 is 0. The first-order chi connectivity index (χ1) is 9.54. The summed E-state index contributed by atoms with van der Waals surface area (Å²) in [5.74, 6) is -1.02. The highest BCUT2D eigenvalue weighted by molar-refractivity contribution is 5.91. The third kappa shape index (κ3) is 3.78. The van der Waals surface area contributed by atoms with Gasteiger partial charge in [0.1, 0.15) is 17.4 Å². The molecule has 0 spiro atoms. The molecule has 3 nitrogen and oxygen atoms in total. The van der Waals surface area contributed by atoms with Crippen molar-refractivity contribution in [3.8, 4) is 5.75 Å². The number of hydrogen-bond acceptors (Lipinski definition) is 2. The number of nitrogens with one attached hydrogen (secondary N) is 1. The summed E-state index contributed by atoms with van der Waals surface area (Å²) < 4.78 is 31.3. The Hall–Kier alpha value is -2.43. The highest BCUT2D eigenvalue weighted by Gasteiger charge is 2.06. The largest absolute Gasteiger partial charge is 0.484 e. The molecule has 0 fully saturated rings. The molecule has 0 radical (unpaired) electrons. The van der Waals surface area contributed by atoms with Crippen molar-refractivity contribution in [1.82, 2.24) is 0 Å². The third-order valence-corrected chi connectivity index (χ3v) is 2.62. The predicted molar refractivity (Wildman–Crippen MR) is 71.7 cm³/mol. The third-order valence-electron chi connectivity index (χ3n) is 2.62. The monoisotopic (exact) mass is 277 g/mol. The molecule has 2 aromatic carbocycles. The van der Waals surface area contributed by atoms with Crippen LogP contribution in [0.25, 0.3) is 0 Å². The van der Waals surface area contributed by atoms with Gasteiger partial charge in [0.25, 0.3) is 5.91 Å². The van der Waals surface area contributed by atoms with Crippen molar-refractivity contribution in [2.75, 3.05) is 11.9 Å². The van der Waals surface area contributed by atoms with Crippen LogP contribution in [0.5, 0.6) is 5.75 Å². The minimum atomic E-state index is -0.447. The van der Waals surface area contributed by atoms with Gasteiger partial charge in [-0.15, -0.1) is 0 Å². The van der Waals surface area contributed by atoms with Gasteiger partial charge in [0.15, 0.2) is 6.61 Å². The van der Waals surface area contributed by atoms with Gasteiger partial charge in [-0.05, 0) is 36.8 Å². The molecule has 20 heavy (non-hydrogen) atoms. The van der Waals surface area contributed by atoms with Crippen molar-refractivity contribution < 1.29 is 18.3 Å². The van der Waals surface area contributed by atoms with Gasteiger partial charge in [0.05, 0.1) is 0 Å². The lowest BCUT2D eigenvalue weighted by Crippen LogP contribution is -2.20. The molecule has 1 N–H and O–H groups in total. The Morgan fingerprint density at radius 1 is 1.20 bits per heavy atom. The molecule has 0 bridgehead atoms. The molecule has 2 rings (SSSR count). The smallest absolute Gasteiger partial charge is 0.262 e. The highest BCUT2D eigenvalue weighted by Crippen LogP contribution is 2.14. The fraction of sp³-hybridized carbons (Fsp3) is 0.133. The predicted octanol–water partition coefficient (Wildman–Crippen LogP) is 3.29. The molecule has 1 amide bonds. The van der Waals surface area contributed by atoms with E-state index in [0.717, 1.165) is 0 Å². The zero-order chi connectivity index (χ0) is 14.5. The van der Waals surface area contributed by atoms with Crippen LogP contribution in [0.3, 0.4) is 0 Å². The topological polar surface area (TPSA) is 38.3 Å². The standard InChI is InChI=1S/C15H13F2NO2/c1-10-5-6-12(8-14(10)17)18-15(19)9-20-13-4-2-3-11(16)7-13/h2-8H,9H2,1H3,(H,18,19). The number of carbonyl (C=O) groups is 1. The highest BCUT2D eigenvalue weighted by atomic mass is 19.1. The number of halogens is 2. The van der Waals surface area contributed by atoms with Gasteiger partial charge in [0.2, 0.25) is 0 Å². The Bertz CT molecular complexity index is 629. The molecule has 0 atom stereocenters. The van der Waals surface area contributed by atoms with Crippen LogP contribution in [0, 0.1) is 18.6 Å². The number of anilines is 1. The summed E-state index contributed by atoms with van der Waals surface area (Å²) in [6, 6.07) is 9.88. The molecule has 0 heterocycles. The molecule has 104 valence electrons. The minimum Gasteiger partial charge on any atom is -0.484 e. The number of hydrogen-bond donors (Lipinski definition) is 1. The van der Waals surface area contributed by atoms with E-state index in [-0.39, 0.29) is 12.4 Å². The van der Waals surface area contributed by atoms with Crippen LogP contribution in [0.15, 0.2) is 42.5 Å². The molecule has 0 aliphatic heterocycles. The zero-order valence-corrected chi connectivity index (χ0v) is 10.8. The van der Waals surface area contributed by atoms with Crippen LogP contribution in [0.1, 0.15) is 5.56 Å². The molecule has 0 unspecified atom stereocenters. The molecular weight excluding hydrogens is 264 g/mol. The second kappa shape index (κ2) is 6.14. The maximum atomic E-state index is 13.3. The lowest BCUT2D eigenvalue weighted by molar-refractivity contribution is -0.118. The molecule has 0 saturated heterocycles. The van der Waals surface area contributed by atoms with E-state index in [0.29, 0.717) is 11.3 Å². The van der Waals surface area contributed by atoms with Crippen molar-refractivity contribution in [2.45, 2.75) is 6.92 Å². The fourth-order valence-electron chi connectivity index (χ4n) is 1.57. The van der Waals surface area contributed by atoms with Gasteiger partial charge in [0, 0.05) is 11.8 Å². The Morgan fingerprint density at radius 2 is 2.00 bits per heavy atom. The summed E-state index contributed by atoms with van der Waals surface area (Å²) in [4.78, 5) is 11.6. The maximum Gasteiger partial charge on any atom is 0.262 e. The lowest BCUT2D eigenvalue weighted by Gasteiger charge is -2.08. The molecule has 2 aromatic rings. The maximum absolute atomic E-state index is 13.3. The van der Waals surface area contributed by atoms with Gasteiger partial charge in [-0.3, -0.25) is 4.79 Å². The van der Waals surface area contributed by atoms with Crippen LogP contribution < -0.4 is 10.1 Å². The minimum absolute atomic E-state index is 0.259. The van der Waals surface area contributed by atoms with E-state index < -0.39 is 17.5 Å². The van der Waals surface area contributed by atoms with Gasteiger partial charge in [-0.2, -0.15) is 0 Å². The van der Waals surface area contributed by atoms with Crippen LogP contribution in [-0.4, -0.2) is 12.5 Å². The quantitative estimate of drug-likeness (QED) is 0.931. The summed E-state index contributed by atoms with van der Waals surface area (Å²) in [7, 11) is 0. The molecule has 0 aliphatic carbocycles. The molecule has 0 aliphatic rings. The van der Waals surface area contributed by atoms with E-state index in [4.69, 9.17) is 4.74 Å². The van der Waals surface area contributed by atoms with E-state index in [2.05, 4.69) is 5.32 Å². The van der Waals surface area contributed by atoms with Gasteiger partial charge < -0.3 is 10.1 Å². The number of aryl methyl sites for hydroxylation is 1.